The smallest absolute Gasteiger partial charge is 0.0897 e. The lowest BCUT2D eigenvalue weighted by molar-refractivity contribution is 1.17. The Hall–Kier alpha value is -0.940. The Morgan fingerprint density at radius 2 is 2.36 bits per heavy atom. The van der Waals surface area contributed by atoms with Crippen LogP contribution in [0.25, 0.3) is 0 Å². The van der Waals surface area contributed by atoms with Crippen molar-refractivity contribution in [3.8, 4) is 12.3 Å². The van der Waals surface area contributed by atoms with Gasteiger partial charge in [-0.15, -0.1) is 17.8 Å². The number of thiophene rings is 1. The van der Waals surface area contributed by atoms with E-state index in [0.29, 0.717) is 0 Å². The maximum atomic E-state index is 5.24. The molecule has 1 nitrogen and oxygen atoms in total. The number of terminal acetylenes is 1. The van der Waals surface area contributed by atoms with Gasteiger partial charge < -0.3 is 5.32 Å². The van der Waals surface area contributed by atoms with E-state index >= 15 is 0 Å². The first-order chi connectivity index (χ1) is 5.38. The second kappa shape index (κ2) is 2.60. The van der Waals surface area contributed by atoms with Gasteiger partial charge in [-0.3, -0.25) is 0 Å². The van der Waals surface area contributed by atoms with Crippen LogP contribution in [0.5, 0.6) is 0 Å². The molecule has 0 bridgehead atoms. The van der Waals surface area contributed by atoms with Gasteiger partial charge in [-0.25, -0.2) is 0 Å². The van der Waals surface area contributed by atoms with Gasteiger partial charge in [-0.1, -0.05) is 5.92 Å². The average Bonchev–Trinajstić information content (AvgIpc) is 2.68. The molecule has 0 radical (unpaired) electrons. The van der Waals surface area contributed by atoms with Crippen molar-refractivity contribution in [2.75, 3.05) is 5.32 Å². The van der Waals surface area contributed by atoms with E-state index in [1.165, 1.54) is 17.8 Å². The van der Waals surface area contributed by atoms with E-state index in [1.54, 1.807) is 11.3 Å². The summed E-state index contributed by atoms with van der Waals surface area (Å²) < 4.78 is 0. The zero-order valence-corrected chi connectivity index (χ0v) is 6.95. The Labute approximate surface area is 70.4 Å². The topological polar surface area (TPSA) is 12.0 Å². The molecular weight excluding hydrogens is 154 g/mol. The third kappa shape index (κ3) is 1.55. The number of rotatable bonds is 2. The summed E-state index contributed by atoms with van der Waals surface area (Å²) in [6, 6.07) is 4.76. The van der Waals surface area contributed by atoms with Gasteiger partial charge in [0.15, 0.2) is 0 Å². The molecule has 1 heterocycles. The summed E-state index contributed by atoms with van der Waals surface area (Å²) >= 11 is 1.65. The molecule has 0 spiro atoms. The van der Waals surface area contributed by atoms with Crippen LogP contribution in [-0.4, -0.2) is 6.04 Å². The van der Waals surface area contributed by atoms with Gasteiger partial charge in [0, 0.05) is 6.04 Å². The van der Waals surface area contributed by atoms with E-state index in [4.69, 9.17) is 6.42 Å². The highest BCUT2D eigenvalue weighted by Crippen LogP contribution is 2.28. The van der Waals surface area contributed by atoms with Crippen LogP contribution in [-0.2, 0) is 0 Å². The molecule has 0 unspecified atom stereocenters. The predicted molar refractivity (Wildman–Crippen MR) is 48.9 cm³/mol. The van der Waals surface area contributed by atoms with Gasteiger partial charge in [0.25, 0.3) is 0 Å². The molecule has 1 aromatic rings. The third-order valence-corrected chi connectivity index (χ3v) is 2.62. The summed E-state index contributed by atoms with van der Waals surface area (Å²) in [7, 11) is 0. The van der Waals surface area contributed by atoms with Gasteiger partial charge >= 0.3 is 0 Å². The number of anilines is 1. The Bertz CT molecular complexity index is 291. The molecule has 2 heteroatoms. The second-order valence-electron chi connectivity index (χ2n) is 2.73. The molecule has 56 valence electrons. The fraction of sp³-hybridized carbons (Fsp3) is 0.333. The van der Waals surface area contributed by atoms with Crippen LogP contribution in [0, 0.1) is 12.3 Å². The first kappa shape index (κ1) is 6.75. The molecule has 11 heavy (non-hydrogen) atoms. The highest BCUT2D eigenvalue weighted by Gasteiger charge is 2.21. The normalized spacial score (nSPS) is 15.9. The molecule has 1 fully saturated rings. The number of hydrogen-bond donors (Lipinski definition) is 1. The van der Waals surface area contributed by atoms with Gasteiger partial charge in [0.2, 0.25) is 0 Å². The Balaban J connectivity index is 2.07. The maximum Gasteiger partial charge on any atom is 0.0897 e. The lowest BCUT2D eigenvalue weighted by atomic mass is 10.5. The molecular formula is C9H9NS. The summed E-state index contributed by atoms with van der Waals surface area (Å²) in [5.41, 5.74) is 0. The van der Waals surface area contributed by atoms with Crippen molar-refractivity contribution >= 4 is 16.3 Å². The van der Waals surface area contributed by atoms with Crippen molar-refractivity contribution < 1.29 is 0 Å². The fourth-order valence-electron chi connectivity index (χ4n) is 0.922. The van der Waals surface area contributed by atoms with Crippen LogP contribution in [0.4, 0.5) is 5.00 Å². The van der Waals surface area contributed by atoms with Gasteiger partial charge in [-0.05, 0) is 25.0 Å². The lowest BCUT2D eigenvalue weighted by Gasteiger charge is -1.96. The number of nitrogens with one attached hydrogen (secondary N) is 1. The van der Waals surface area contributed by atoms with Crippen LogP contribution in [0.1, 0.15) is 17.7 Å². The third-order valence-electron chi connectivity index (χ3n) is 1.67. The van der Waals surface area contributed by atoms with E-state index in [0.717, 1.165) is 10.9 Å². The first-order valence-corrected chi connectivity index (χ1v) is 4.53. The Kier molecular flexibility index (Phi) is 1.59. The van der Waals surface area contributed by atoms with E-state index in [2.05, 4.69) is 17.3 Å². The van der Waals surface area contributed by atoms with Crippen molar-refractivity contribution in [1.82, 2.24) is 0 Å². The average molecular weight is 163 g/mol. The largest absolute Gasteiger partial charge is 0.374 e. The van der Waals surface area contributed by atoms with Crippen LogP contribution in [0.2, 0.25) is 0 Å². The van der Waals surface area contributed by atoms with E-state index in [-0.39, 0.29) is 0 Å². The van der Waals surface area contributed by atoms with Crippen molar-refractivity contribution in [3.63, 3.8) is 0 Å². The van der Waals surface area contributed by atoms with Gasteiger partial charge in [0.1, 0.15) is 0 Å². The highest BCUT2D eigenvalue weighted by molar-refractivity contribution is 7.16. The molecule has 0 aromatic carbocycles. The summed E-state index contributed by atoms with van der Waals surface area (Å²) in [5, 5.41) is 4.60. The zero-order chi connectivity index (χ0) is 7.68. The minimum atomic E-state index is 0.722. The standard InChI is InChI=1S/C9H9NS/c1-2-8-5-6-9(11-8)10-7-3-4-7/h1,5-7,10H,3-4H2. The SMILES string of the molecule is C#Cc1ccc(NC2CC2)s1. The molecule has 0 saturated heterocycles. The molecule has 0 amide bonds. The molecule has 1 saturated carbocycles. The van der Waals surface area contributed by atoms with Crippen molar-refractivity contribution in [2.24, 2.45) is 0 Å². The Morgan fingerprint density at radius 3 is 2.91 bits per heavy atom. The quantitative estimate of drug-likeness (QED) is 0.660. The monoisotopic (exact) mass is 163 g/mol. The van der Waals surface area contributed by atoms with Crippen LogP contribution in [0.15, 0.2) is 12.1 Å². The van der Waals surface area contributed by atoms with E-state index in [1.807, 2.05) is 6.07 Å². The summed E-state index contributed by atoms with van der Waals surface area (Å²) in [5.74, 6) is 2.62. The predicted octanol–water partition coefficient (Wildman–Crippen LogP) is 2.30. The zero-order valence-electron chi connectivity index (χ0n) is 6.13. The van der Waals surface area contributed by atoms with Crippen LogP contribution < -0.4 is 5.32 Å². The van der Waals surface area contributed by atoms with Crippen molar-refractivity contribution in [2.45, 2.75) is 18.9 Å². The van der Waals surface area contributed by atoms with E-state index < -0.39 is 0 Å². The minimum absolute atomic E-state index is 0.722. The summed E-state index contributed by atoms with van der Waals surface area (Å²) in [6.45, 7) is 0. The molecule has 1 aromatic heterocycles. The molecule has 0 atom stereocenters. The fourth-order valence-corrected chi connectivity index (χ4v) is 1.72. The summed E-state index contributed by atoms with van der Waals surface area (Å²) in [4.78, 5) is 1.01. The molecule has 1 aliphatic rings. The molecule has 1 N–H and O–H groups in total. The lowest BCUT2D eigenvalue weighted by Crippen LogP contribution is -1.97. The van der Waals surface area contributed by atoms with Gasteiger partial charge in [0.05, 0.1) is 9.88 Å². The molecule has 1 aliphatic carbocycles. The molecule has 2 rings (SSSR count). The first-order valence-electron chi connectivity index (χ1n) is 3.71. The number of hydrogen-bond acceptors (Lipinski definition) is 2. The maximum absolute atomic E-state index is 5.24. The summed E-state index contributed by atoms with van der Waals surface area (Å²) in [6.07, 6.45) is 7.86. The minimum Gasteiger partial charge on any atom is -0.374 e. The van der Waals surface area contributed by atoms with Gasteiger partial charge in [-0.2, -0.15) is 0 Å². The molecule has 0 aliphatic heterocycles. The van der Waals surface area contributed by atoms with Crippen molar-refractivity contribution in [3.05, 3.63) is 17.0 Å². The second-order valence-corrected chi connectivity index (χ2v) is 3.81. The van der Waals surface area contributed by atoms with Crippen LogP contribution in [0.3, 0.4) is 0 Å². The highest BCUT2D eigenvalue weighted by atomic mass is 32.1. The van der Waals surface area contributed by atoms with Crippen LogP contribution >= 0.6 is 11.3 Å². The Morgan fingerprint density at radius 1 is 1.55 bits per heavy atom. The van der Waals surface area contributed by atoms with E-state index in [9.17, 15) is 0 Å². The van der Waals surface area contributed by atoms with Crippen molar-refractivity contribution in [1.29, 1.82) is 0 Å².